The Morgan fingerprint density at radius 3 is 2.79 bits per heavy atom. The molecule has 0 saturated carbocycles. The largest absolute Gasteiger partial charge is 0.343 e. The predicted octanol–water partition coefficient (Wildman–Crippen LogP) is 1.76. The first-order chi connectivity index (χ1) is 11.7. The van der Waals surface area contributed by atoms with Crippen LogP contribution in [0.3, 0.4) is 0 Å². The molecule has 0 aromatic carbocycles. The van der Waals surface area contributed by atoms with Crippen LogP contribution in [0, 0.1) is 6.92 Å². The third-order valence-electron chi connectivity index (χ3n) is 4.40. The molecule has 0 bridgehead atoms. The van der Waals surface area contributed by atoms with Gasteiger partial charge in [-0.2, -0.15) is 0 Å². The molecule has 2 aliphatic rings. The lowest BCUT2D eigenvalue weighted by Crippen LogP contribution is -2.45. The lowest BCUT2D eigenvalue weighted by atomic mass is 10.1. The number of likely N-dealkylation sites (tertiary alicyclic amines) is 1. The topological polar surface area (TPSA) is 75.4 Å². The van der Waals surface area contributed by atoms with Crippen LogP contribution in [0.15, 0.2) is 40.2 Å². The molecule has 4 heterocycles. The van der Waals surface area contributed by atoms with Crippen molar-refractivity contribution in [2.75, 3.05) is 18.4 Å². The number of fused-ring (bicyclic) bond motifs is 1. The fourth-order valence-corrected chi connectivity index (χ4v) is 3.23. The number of pyridine rings is 1. The van der Waals surface area contributed by atoms with Gasteiger partial charge in [0.1, 0.15) is 0 Å². The van der Waals surface area contributed by atoms with Crippen molar-refractivity contribution in [3.8, 4) is 0 Å². The van der Waals surface area contributed by atoms with E-state index in [9.17, 15) is 4.79 Å². The van der Waals surface area contributed by atoms with E-state index >= 15 is 0 Å². The highest BCUT2D eigenvalue weighted by molar-refractivity contribution is 5.93. The maximum atomic E-state index is 12.5. The van der Waals surface area contributed by atoms with Crippen molar-refractivity contribution < 1.29 is 0 Å². The van der Waals surface area contributed by atoms with Gasteiger partial charge in [0.05, 0.1) is 5.69 Å². The molecule has 4 rings (SSSR count). The van der Waals surface area contributed by atoms with Crippen LogP contribution in [-0.2, 0) is 0 Å². The van der Waals surface area contributed by atoms with Gasteiger partial charge in [0.2, 0.25) is 11.9 Å². The minimum atomic E-state index is -0.486. The van der Waals surface area contributed by atoms with Gasteiger partial charge in [-0.25, -0.2) is 14.5 Å². The van der Waals surface area contributed by atoms with Gasteiger partial charge in [-0.3, -0.25) is 15.1 Å². The molecular weight excluding hydrogens is 304 g/mol. The van der Waals surface area contributed by atoms with Crippen molar-refractivity contribution in [3.05, 3.63) is 52.2 Å². The summed E-state index contributed by atoms with van der Waals surface area (Å²) in [5.74, 6) is 1.31. The number of aryl methyl sites for hydroxylation is 1. The molecular formula is C17H20N6O. The fourth-order valence-electron chi connectivity index (χ4n) is 3.23. The number of piperidine rings is 1. The van der Waals surface area contributed by atoms with Crippen LogP contribution in [0.25, 0.3) is 0 Å². The Bertz CT molecular complexity index is 823. The lowest BCUT2D eigenvalue weighted by molar-refractivity contribution is 0.335. The molecule has 7 heteroatoms. The van der Waals surface area contributed by atoms with Crippen molar-refractivity contribution in [1.82, 2.24) is 19.4 Å². The van der Waals surface area contributed by atoms with Gasteiger partial charge < -0.3 is 4.90 Å². The molecule has 2 aromatic rings. The summed E-state index contributed by atoms with van der Waals surface area (Å²) < 4.78 is 1.57. The molecule has 2 aromatic heterocycles. The van der Waals surface area contributed by atoms with Crippen LogP contribution in [0.5, 0.6) is 0 Å². The number of nitrogens with one attached hydrogen (secondary N) is 1. The molecule has 1 atom stereocenters. The van der Waals surface area contributed by atoms with Crippen LogP contribution in [-0.4, -0.2) is 38.5 Å². The molecule has 1 N–H and O–H groups in total. The van der Waals surface area contributed by atoms with E-state index in [4.69, 9.17) is 4.99 Å². The zero-order valence-electron chi connectivity index (χ0n) is 13.6. The molecule has 2 aliphatic heterocycles. The van der Waals surface area contributed by atoms with Crippen molar-refractivity contribution in [1.29, 1.82) is 0 Å². The molecule has 0 amide bonds. The average Bonchev–Trinajstić information content (AvgIpc) is 2.62. The van der Waals surface area contributed by atoms with Crippen LogP contribution < -0.4 is 10.9 Å². The Hall–Kier alpha value is -2.70. The fraction of sp³-hybridized carbons (Fsp3) is 0.412. The first kappa shape index (κ1) is 14.9. The molecule has 0 radical (unpaired) electrons. The normalized spacial score (nSPS) is 20.1. The first-order valence-corrected chi connectivity index (χ1v) is 8.33. The average molecular weight is 324 g/mol. The third-order valence-corrected chi connectivity index (χ3v) is 4.40. The van der Waals surface area contributed by atoms with Crippen LogP contribution in [0.1, 0.15) is 36.8 Å². The van der Waals surface area contributed by atoms with Gasteiger partial charge in [0.25, 0.3) is 5.56 Å². The number of aromatic nitrogens is 3. The van der Waals surface area contributed by atoms with Crippen molar-refractivity contribution >= 4 is 11.9 Å². The van der Waals surface area contributed by atoms with Gasteiger partial charge in [0, 0.05) is 31.0 Å². The Labute approximate surface area is 140 Å². The van der Waals surface area contributed by atoms with E-state index in [2.05, 4.69) is 20.2 Å². The van der Waals surface area contributed by atoms with E-state index < -0.39 is 6.17 Å². The van der Waals surface area contributed by atoms with Crippen LogP contribution in [0.4, 0.5) is 5.95 Å². The minimum Gasteiger partial charge on any atom is -0.343 e. The Kier molecular flexibility index (Phi) is 3.76. The SMILES string of the molecule is Cc1cc(=O)n2c(n1)NC(N1CCCCC1)=N[C@H]2c1ccccn1. The monoisotopic (exact) mass is 324 g/mol. The van der Waals surface area contributed by atoms with Gasteiger partial charge in [0.15, 0.2) is 6.17 Å². The van der Waals surface area contributed by atoms with Crippen molar-refractivity contribution in [2.24, 2.45) is 4.99 Å². The van der Waals surface area contributed by atoms with Gasteiger partial charge in [-0.1, -0.05) is 6.07 Å². The molecule has 1 fully saturated rings. The minimum absolute atomic E-state index is 0.123. The highest BCUT2D eigenvalue weighted by Crippen LogP contribution is 2.25. The summed E-state index contributed by atoms with van der Waals surface area (Å²) >= 11 is 0. The summed E-state index contributed by atoms with van der Waals surface area (Å²) in [7, 11) is 0. The second-order valence-corrected chi connectivity index (χ2v) is 6.18. The van der Waals surface area contributed by atoms with E-state index in [1.165, 1.54) is 12.5 Å². The molecule has 24 heavy (non-hydrogen) atoms. The number of rotatable bonds is 1. The smallest absolute Gasteiger partial charge is 0.257 e. The van der Waals surface area contributed by atoms with E-state index in [0.29, 0.717) is 11.6 Å². The standard InChI is InChI=1S/C17H20N6O/c1-12-11-14(24)23-15(13-7-3-4-8-18-13)20-16(21-17(23)19-12)22-9-5-2-6-10-22/h3-4,7-8,11,15H,2,5-6,9-10H2,1H3,(H,19,20,21)/t15-/m1/s1. The van der Waals surface area contributed by atoms with E-state index in [1.54, 1.807) is 10.8 Å². The molecule has 0 unspecified atom stereocenters. The Morgan fingerprint density at radius 1 is 1.21 bits per heavy atom. The molecule has 124 valence electrons. The third kappa shape index (κ3) is 2.66. The molecule has 0 spiro atoms. The molecule has 7 nitrogen and oxygen atoms in total. The van der Waals surface area contributed by atoms with Crippen molar-refractivity contribution in [2.45, 2.75) is 32.4 Å². The van der Waals surface area contributed by atoms with Gasteiger partial charge >= 0.3 is 0 Å². The summed E-state index contributed by atoms with van der Waals surface area (Å²) in [6.45, 7) is 3.76. The number of anilines is 1. The summed E-state index contributed by atoms with van der Waals surface area (Å²) in [6, 6.07) is 7.19. The highest BCUT2D eigenvalue weighted by atomic mass is 16.1. The summed E-state index contributed by atoms with van der Waals surface area (Å²) in [5.41, 5.74) is 1.31. The molecule has 1 saturated heterocycles. The van der Waals surface area contributed by atoms with Gasteiger partial charge in [-0.15, -0.1) is 0 Å². The first-order valence-electron chi connectivity index (χ1n) is 8.33. The van der Waals surface area contributed by atoms with E-state index in [-0.39, 0.29) is 5.56 Å². The number of hydrogen-bond donors (Lipinski definition) is 1. The van der Waals surface area contributed by atoms with E-state index in [0.717, 1.165) is 37.6 Å². The maximum Gasteiger partial charge on any atom is 0.257 e. The van der Waals surface area contributed by atoms with Crippen molar-refractivity contribution in [3.63, 3.8) is 0 Å². The second kappa shape index (κ2) is 6.07. The Balaban J connectivity index is 1.82. The van der Waals surface area contributed by atoms with Gasteiger partial charge in [-0.05, 0) is 38.3 Å². The second-order valence-electron chi connectivity index (χ2n) is 6.18. The maximum absolute atomic E-state index is 12.5. The number of nitrogens with zero attached hydrogens (tertiary/aromatic N) is 5. The number of guanidine groups is 1. The lowest BCUT2D eigenvalue weighted by Gasteiger charge is -2.34. The Morgan fingerprint density at radius 2 is 2.04 bits per heavy atom. The van der Waals surface area contributed by atoms with E-state index in [1.807, 2.05) is 25.1 Å². The summed E-state index contributed by atoms with van der Waals surface area (Å²) in [5, 5.41) is 3.25. The number of aliphatic imine (C=N–C) groups is 1. The number of hydrogen-bond acceptors (Lipinski definition) is 6. The zero-order chi connectivity index (χ0) is 16.5. The quantitative estimate of drug-likeness (QED) is 0.865. The van der Waals surface area contributed by atoms with Crippen LogP contribution >= 0.6 is 0 Å². The molecule has 0 aliphatic carbocycles. The zero-order valence-corrected chi connectivity index (χ0v) is 13.6. The summed E-state index contributed by atoms with van der Waals surface area (Å²) in [6.07, 6.45) is 4.80. The highest BCUT2D eigenvalue weighted by Gasteiger charge is 2.28. The van der Waals surface area contributed by atoms with Crippen LogP contribution in [0.2, 0.25) is 0 Å². The predicted molar refractivity (Wildman–Crippen MR) is 92.1 cm³/mol. The summed E-state index contributed by atoms with van der Waals surface area (Å²) in [4.78, 5) is 28.5.